The Labute approximate surface area is 160 Å². The molecule has 1 aromatic carbocycles. The summed E-state index contributed by atoms with van der Waals surface area (Å²) in [4.78, 5) is 49.7. The van der Waals surface area contributed by atoms with Crippen molar-refractivity contribution in [1.29, 1.82) is 0 Å². The van der Waals surface area contributed by atoms with Crippen molar-refractivity contribution in [2.24, 2.45) is 5.92 Å². The van der Waals surface area contributed by atoms with Gasteiger partial charge in [0.05, 0.1) is 0 Å². The molecule has 1 saturated heterocycles. The van der Waals surface area contributed by atoms with Gasteiger partial charge in [0.1, 0.15) is 12.1 Å². The molecule has 7 nitrogen and oxygen atoms in total. The molecule has 2 aliphatic rings. The highest BCUT2D eigenvalue weighted by Gasteiger charge is 2.55. The number of hydrogen-bond donors (Lipinski definition) is 1. The van der Waals surface area contributed by atoms with Crippen molar-refractivity contribution in [1.82, 2.24) is 10.2 Å². The fourth-order valence-electron chi connectivity index (χ4n) is 3.71. The Morgan fingerprint density at radius 2 is 2.00 bits per heavy atom. The van der Waals surface area contributed by atoms with Crippen LogP contribution >= 0.6 is 0 Å². The number of benzene rings is 1. The fraction of sp³-hybridized carbons (Fsp3) is 0.474. The van der Waals surface area contributed by atoms with E-state index in [1.807, 2.05) is 6.92 Å². The highest BCUT2D eigenvalue weighted by molar-refractivity contribution is 6.09. The van der Waals surface area contributed by atoms with Crippen molar-refractivity contribution in [3.05, 3.63) is 35.4 Å². The van der Waals surface area contributed by atoms with Gasteiger partial charge in [0.15, 0.2) is 24.0 Å². The Morgan fingerprint density at radius 3 is 2.68 bits per heavy atom. The first kappa shape index (κ1) is 19.9. The number of halogens is 2. The number of Topliss-reactive ketones (excluding diaryl/α,β-unsaturated/α-hetero) is 1. The summed E-state index contributed by atoms with van der Waals surface area (Å²) < 4.78 is 30.9. The second-order valence-corrected chi connectivity index (χ2v) is 7.15. The van der Waals surface area contributed by atoms with E-state index in [0.29, 0.717) is 12.5 Å². The normalized spacial score (nSPS) is 24.4. The Morgan fingerprint density at radius 1 is 1.25 bits per heavy atom. The fourth-order valence-corrected chi connectivity index (χ4v) is 3.71. The maximum atomic E-state index is 13.2. The predicted molar refractivity (Wildman–Crippen MR) is 92.3 cm³/mol. The smallest absolute Gasteiger partial charge is 0.326 e. The Bertz CT molecular complexity index is 844. The van der Waals surface area contributed by atoms with E-state index in [1.165, 1.54) is 0 Å². The summed E-state index contributed by atoms with van der Waals surface area (Å²) in [5.74, 6) is -4.48. The summed E-state index contributed by atoms with van der Waals surface area (Å²) in [6, 6.07) is 1.91. The van der Waals surface area contributed by atoms with Crippen LogP contribution in [0.3, 0.4) is 0 Å². The lowest BCUT2D eigenvalue weighted by Crippen LogP contribution is -2.54. The lowest BCUT2D eigenvalue weighted by atomic mass is 9.73. The van der Waals surface area contributed by atoms with E-state index >= 15 is 0 Å². The van der Waals surface area contributed by atoms with Crippen LogP contribution in [0.1, 0.15) is 43.0 Å². The number of nitrogens with zero attached hydrogens (tertiary/aromatic N) is 1. The highest BCUT2D eigenvalue weighted by atomic mass is 19.2. The molecule has 0 aromatic heterocycles. The molecular formula is C19H20F2N2O5. The molecule has 0 radical (unpaired) electrons. The lowest BCUT2D eigenvalue weighted by molar-refractivity contribution is -0.147. The third-order valence-corrected chi connectivity index (χ3v) is 5.39. The van der Waals surface area contributed by atoms with Gasteiger partial charge in [0.25, 0.3) is 5.91 Å². The summed E-state index contributed by atoms with van der Waals surface area (Å²) in [5.41, 5.74) is -1.14. The second kappa shape index (κ2) is 7.65. The predicted octanol–water partition coefficient (Wildman–Crippen LogP) is 2.19. The maximum absolute atomic E-state index is 13.2. The molecule has 1 aliphatic heterocycles. The quantitative estimate of drug-likeness (QED) is 0.470. The van der Waals surface area contributed by atoms with Crippen LogP contribution in [-0.2, 0) is 14.3 Å². The average Bonchev–Trinajstić information content (AvgIpc) is 2.89. The van der Waals surface area contributed by atoms with Crippen molar-refractivity contribution < 1.29 is 32.7 Å². The van der Waals surface area contributed by atoms with Crippen LogP contribution in [0.25, 0.3) is 0 Å². The molecule has 1 N–H and O–H groups in total. The molecule has 1 spiro atoms. The summed E-state index contributed by atoms with van der Waals surface area (Å²) >= 11 is 0. The van der Waals surface area contributed by atoms with Gasteiger partial charge in [-0.05, 0) is 37.0 Å². The monoisotopic (exact) mass is 394 g/mol. The number of ether oxygens (including phenoxy) is 1. The molecular weight excluding hydrogens is 374 g/mol. The topological polar surface area (TPSA) is 92.8 Å². The van der Waals surface area contributed by atoms with Crippen LogP contribution in [0.4, 0.5) is 13.6 Å². The minimum Gasteiger partial charge on any atom is -0.456 e. The van der Waals surface area contributed by atoms with Gasteiger partial charge in [-0.1, -0.05) is 19.8 Å². The van der Waals surface area contributed by atoms with Gasteiger partial charge in [0, 0.05) is 5.56 Å². The van der Waals surface area contributed by atoms with Crippen LogP contribution in [0.15, 0.2) is 18.2 Å². The maximum Gasteiger partial charge on any atom is 0.326 e. The van der Waals surface area contributed by atoms with Gasteiger partial charge in [-0.15, -0.1) is 0 Å². The zero-order chi connectivity index (χ0) is 20.5. The average molecular weight is 394 g/mol. The zero-order valence-corrected chi connectivity index (χ0v) is 15.3. The lowest BCUT2D eigenvalue weighted by Gasteiger charge is -2.36. The molecule has 0 unspecified atom stereocenters. The third kappa shape index (κ3) is 3.61. The van der Waals surface area contributed by atoms with Crippen molar-refractivity contribution in [3.63, 3.8) is 0 Å². The molecule has 1 aliphatic carbocycles. The first-order valence-corrected chi connectivity index (χ1v) is 9.02. The molecule has 2 atom stereocenters. The molecule has 150 valence electrons. The molecule has 2 fully saturated rings. The second-order valence-electron chi connectivity index (χ2n) is 7.15. The molecule has 1 saturated carbocycles. The third-order valence-electron chi connectivity index (χ3n) is 5.39. The Kier molecular flexibility index (Phi) is 5.44. The van der Waals surface area contributed by atoms with Crippen LogP contribution in [0.2, 0.25) is 0 Å². The minimum atomic E-state index is -1.19. The van der Waals surface area contributed by atoms with Crippen LogP contribution < -0.4 is 5.32 Å². The highest BCUT2D eigenvalue weighted by Crippen LogP contribution is 2.38. The first-order chi connectivity index (χ1) is 13.2. The standard InChI is InChI=1S/C19H20F2N2O5/c1-11-4-2-3-7-19(11)17(26)23(18(27)22-19)9-16(25)28-10-15(24)12-5-6-13(20)14(21)8-12/h5-6,8,11H,2-4,7,9-10H2,1H3,(H,22,27)/t11-,19-/m0/s1. The van der Waals surface area contributed by atoms with E-state index in [1.54, 1.807) is 0 Å². The zero-order valence-electron chi connectivity index (χ0n) is 15.3. The largest absolute Gasteiger partial charge is 0.456 e. The van der Waals surface area contributed by atoms with E-state index < -0.39 is 54.0 Å². The number of esters is 1. The van der Waals surface area contributed by atoms with Gasteiger partial charge < -0.3 is 10.1 Å². The number of hydrogen-bond acceptors (Lipinski definition) is 5. The molecule has 3 rings (SSSR count). The van der Waals surface area contributed by atoms with Crippen LogP contribution in [-0.4, -0.2) is 47.3 Å². The number of imide groups is 1. The summed E-state index contributed by atoms with van der Waals surface area (Å²) in [7, 11) is 0. The summed E-state index contributed by atoms with van der Waals surface area (Å²) in [6.07, 6.45) is 3.09. The van der Waals surface area contributed by atoms with Gasteiger partial charge >= 0.3 is 12.0 Å². The number of ketones is 1. The van der Waals surface area contributed by atoms with Crippen molar-refractivity contribution >= 4 is 23.7 Å². The van der Waals surface area contributed by atoms with Gasteiger partial charge in [-0.2, -0.15) is 0 Å². The Hall–Kier alpha value is -2.84. The van der Waals surface area contributed by atoms with Crippen LogP contribution in [0.5, 0.6) is 0 Å². The van der Waals surface area contributed by atoms with Crippen molar-refractivity contribution in [2.45, 2.75) is 38.1 Å². The van der Waals surface area contributed by atoms with Gasteiger partial charge in [0.2, 0.25) is 0 Å². The molecule has 1 aromatic rings. The van der Waals surface area contributed by atoms with E-state index in [0.717, 1.165) is 36.3 Å². The number of rotatable bonds is 5. The van der Waals surface area contributed by atoms with E-state index in [9.17, 15) is 28.0 Å². The first-order valence-electron chi connectivity index (χ1n) is 9.02. The number of urea groups is 1. The number of nitrogens with one attached hydrogen (secondary N) is 1. The van der Waals surface area contributed by atoms with Crippen LogP contribution in [0, 0.1) is 17.6 Å². The SMILES string of the molecule is C[C@H]1CCCC[C@]12NC(=O)N(CC(=O)OCC(=O)c1ccc(F)c(F)c1)C2=O. The number of amides is 3. The van der Waals surface area contributed by atoms with Gasteiger partial charge in [-0.3, -0.25) is 19.3 Å². The minimum absolute atomic E-state index is 0.0475. The molecule has 28 heavy (non-hydrogen) atoms. The van der Waals surface area contributed by atoms with Crippen molar-refractivity contribution in [2.75, 3.05) is 13.2 Å². The summed E-state index contributed by atoms with van der Waals surface area (Å²) in [6.45, 7) is 0.555. The number of carbonyl (C=O) groups is 4. The van der Waals surface area contributed by atoms with Gasteiger partial charge in [-0.25, -0.2) is 13.6 Å². The van der Waals surface area contributed by atoms with E-state index in [4.69, 9.17) is 4.74 Å². The molecule has 9 heteroatoms. The molecule has 1 heterocycles. The number of carbonyl (C=O) groups excluding carboxylic acids is 4. The van der Waals surface area contributed by atoms with E-state index in [2.05, 4.69) is 5.32 Å². The van der Waals surface area contributed by atoms with Crippen molar-refractivity contribution in [3.8, 4) is 0 Å². The summed E-state index contributed by atoms with van der Waals surface area (Å²) in [5, 5.41) is 2.71. The van der Waals surface area contributed by atoms with E-state index in [-0.39, 0.29) is 11.5 Å². The molecule has 3 amide bonds. The molecule has 0 bridgehead atoms. The Balaban J connectivity index is 1.58.